The minimum absolute atomic E-state index is 0.215. The molecule has 0 aliphatic rings. The molecule has 0 unspecified atom stereocenters. The second kappa shape index (κ2) is 7.55. The first-order valence-corrected chi connectivity index (χ1v) is 7.74. The van der Waals surface area contributed by atoms with Crippen LogP contribution < -0.4 is 9.47 Å². The van der Waals surface area contributed by atoms with Crippen molar-refractivity contribution in [1.29, 1.82) is 0 Å². The van der Waals surface area contributed by atoms with Crippen LogP contribution in [0, 0.1) is 0 Å². The van der Waals surface area contributed by atoms with Crippen molar-refractivity contribution in [1.82, 2.24) is 4.98 Å². The third-order valence-electron chi connectivity index (χ3n) is 3.68. The number of fused-ring (bicyclic) bond motifs is 1. The SMILES string of the molecule is COc1ccc(OCCOC(=O)Cc2c[nH]c3ccccc23)cc1. The molecule has 24 heavy (non-hydrogen) atoms. The fourth-order valence-electron chi connectivity index (χ4n) is 2.47. The number of carbonyl (C=O) groups excluding carboxylic acids is 1. The molecule has 0 radical (unpaired) electrons. The summed E-state index contributed by atoms with van der Waals surface area (Å²) >= 11 is 0. The second-order valence-corrected chi connectivity index (χ2v) is 5.28. The summed E-state index contributed by atoms with van der Waals surface area (Å²) in [4.78, 5) is 15.1. The number of para-hydroxylation sites is 1. The first-order chi connectivity index (χ1) is 11.8. The molecule has 0 atom stereocenters. The number of nitrogens with one attached hydrogen (secondary N) is 1. The van der Waals surface area contributed by atoms with E-state index in [9.17, 15) is 4.79 Å². The van der Waals surface area contributed by atoms with Crippen LogP contribution in [0.1, 0.15) is 5.56 Å². The van der Waals surface area contributed by atoms with Crippen molar-refractivity contribution in [3.05, 3.63) is 60.3 Å². The van der Waals surface area contributed by atoms with E-state index in [1.807, 2.05) is 54.7 Å². The summed E-state index contributed by atoms with van der Waals surface area (Å²) in [6.07, 6.45) is 2.09. The van der Waals surface area contributed by atoms with E-state index in [0.717, 1.165) is 22.2 Å². The average molecular weight is 325 g/mol. The van der Waals surface area contributed by atoms with Crippen LogP contribution in [0.2, 0.25) is 0 Å². The van der Waals surface area contributed by atoms with E-state index < -0.39 is 0 Å². The Morgan fingerprint density at radius 3 is 2.54 bits per heavy atom. The minimum atomic E-state index is -0.266. The van der Waals surface area contributed by atoms with Crippen molar-refractivity contribution in [2.24, 2.45) is 0 Å². The van der Waals surface area contributed by atoms with Gasteiger partial charge in [0, 0.05) is 17.1 Å². The molecule has 0 saturated carbocycles. The number of benzene rings is 2. The van der Waals surface area contributed by atoms with Gasteiger partial charge in [0.15, 0.2) is 0 Å². The lowest BCUT2D eigenvalue weighted by Crippen LogP contribution is -2.13. The molecule has 0 amide bonds. The first kappa shape index (κ1) is 15.9. The Balaban J connectivity index is 1.44. The molecular weight excluding hydrogens is 306 g/mol. The maximum atomic E-state index is 11.9. The predicted molar refractivity (Wildman–Crippen MR) is 91.5 cm³/mol. The van der Waals surface area contributed by atoms with Crippen molar-refractivity contribution in [3.63, 3.8) is 0 Å². The molecule has 0 aliphatic heterocycles. The third-order valence-corrected chi connectivity index (χ3v) is 3.68. The minimum Gasteiger partial charge on any atom is -0.497 e. The number of carbonyl (C=O) groups is 1. The quantitative estimate of drug-likeness (QED) is 0.534. The van der Waals surface area contributed by atoms with Crippen molar-refractivity contribution in [2.75, 3.05) is 20.3 Å². The van der Waals surface area contributed by atoms with E-state index >= 15 is 0 Å². The summed E-state index contributed by atoms with van der Waals surface area (Å²) in [7, 11) is 1.61. The van der Waals surface area contributed by atoms with Crippen LogP contribution in [-0.4, -0.2) is 31.3 Å². The molecular formula is C19H19NO4. The number of H-pyrrole nitrogens is 1. The molecule has 3 aromatic rings. The number of methoxy groups -OCH3 is 1. The number of aromatic nitrogens is 1. The topological polar surface area (TPSA) is 60.6 Å². The van der Waals surface area contributed by atoms with Gasteiger partial charge in [-0.1, -0.05) is 18.2 Å². The molecule has 3 rings (SSSR count). The number of rotatable bonds is 7. The van der Waals surface area contributed by atoms with Gasteiger partial charge in [-0.15, -0.1) is 0 Å². The smallest absolute Gasteiger partial charge is 0.310 e. The Hall–Kier alpha value is -2.95. The standard InChI is InChI=1S/C19H19NO4/c1-22-15-6-8-16(9-7-15)23-10-11-24-19(21)12-14-13-20-18-5-3-2-4-17(14)18/h2-9,13,20H,10-12H2,1H3. The van der Waals surface area contributed by atoms with Gasteiger partial charge in [-0.2, -0.15) is 0 Å². The fraction of sp³-hybridized carbons (Fsp3) is 0.211. The van der Waals surface area contributed by atoms with Crippen molar-refractivity contribution in [2.45, 2.75) is 6.42 Å². The molecule has 0 bridgehead atoms. The first-order valence-electron chi connectivity index (χ1n) is 7.74. The highest BCUT2D eigenvalue weighted by Gasteiger charge is 2.09. The molecule has 0 spiro atoms. The van der Waals surface area contributed by atoms with Gasteiger partial charge in [0.1, 0.15) is 24.7 Å². The van der Waals surface area contributed by atoms with Crippen LogP contribution in [0.25, 0.3) is 10.9 Å². The van der Waals surface area contributed by atoms with E-state index in [1.54, 1.807) is 7.11 Å². The maximum Gasteiger partial charge on any atom is 0.310 e. The third kappa shape index (κ3) is 3.87. The summed E-state index contributed by atoms with van der Waals surface area (Å²) in [6.45, 7) is 0.527. The fourth-order valence-corrected chi connectivity index (χ4v) is 2.47. The Bertz CT molecular complexity index is 808. The van der Waals surface area contributed by atoms with Gasteiger partial charge in [-0.3, -0.25) is 4.79 Å². The molecule has 124 valence electrons. The number of esters is 1. The zero-order valence-electron chi connectivity index (χ0n) is 13.5. The summed E-state index contributed by atoms with van der Waals surface area (Å²) < 4.78 is 15.8. The van der Waals surface area contributed by atoms with Gasteiger partial charge in [0.2, 0.25) is 0 Å². The summed E-state index contributed by atoms with van der Waals surface area (Å²) in [5, 5.41) is 1.05. The molecule has 5 heteroatoms. The average Bonchev–Trinajstić information content (AvgIpc) is 3.02. The van der Waals surface area contributed by atoms with Crippen molar-refractivity contribution < 1.29 is 19.0 Å². The van der Waals surface area contributed by atoms with E-state index in [2.05, 4.69) is 4.98 Å². The molecule has 1 N–H and O–H groups in total. The van der Waals surface area contributed by atoms with E-state index in [-0.39, 0.29) is 19.0 Å². The molecule has 1 heterocycles. The lowest BCUT2D eigenvalue weighted by Gasteiger charge is -2.08. The van der Waals surface area contributed by atoms with Crippen molar-refractivity contribution >= 4 is 16.9 Å². The monoisotopic (exact) mass is 325 g/mol. The highest BCUT2D eigenvalue weighted by Crippen LogP contribution is 2.19. The number of hydrogen-bond donors (Lipinski definition) is 1. The lowest BCUT2D eigenvalue weighted by molar-refractivity contribution is -0.143. The van der Waals surface area contributed by atoms with E-state index in [4.69, 9.17) is 14.2 Å². The number of aromatic amines is 1. The van der Waals surface area contributed by atoms with Gasteiger partial charge < -0.3 is 19.2 Å². The van der Waals surface area contributed by atoms with Gasteiger partial charge in [-0.05, 0) is 35.9 Å². The Kier molecular flexibility index (Phi) is 5.01. The second-order valence-electron chi connectivity index (χ2n) is 5.28. The number of hydrogen-bond acceptors (Lipinski definition) is 4. The number of ether oxygens (including phenoxy) is 3. The van der Waals surface area contributed by atoms with Crippen LogP contribution >= 0.6 is 0 Å². The molecule has 5 nitrogen and oxygen atoms in total. The Labute approximate surface area is 140 Å². The van der Waals surface area contributed by atoms with Crippen molar-refractivity contribution in [3.8, 4) is 11.5 Å². The van der Waals surface area contributed by atoms with Crippen LogP contribution in [0.5, 0.6) is 11.5 Å². The normalized spacial score (nSPS) is 10.5. The van der Waals surface area contributed by atoms with Crippen LogP contribution in [0.3, 0.4) is 0 Å². The van der Waals surface area contributed by atoms with Gasteiger partial charge in [-0.25, -0.2) is 0 Å². The molecule has 2 aromatic carbocycles. The zero-order valence-corrected chi connectivity index (χ0v) is 13.5. The molecule has 0 aliphatic carbocycles. The molecule has 0 saturated heterocycles. The van der Waals surface area contributed by atoms with Crippen LogP contribution in [0.15, 0.2) is 54.7 Å². The van der Waals surface area contributed by atoms with Gasteiger partial charge in [0.05, 0.1) is 13.5 Å². The van der Waals surface area contributed by atoms with Gasteiger partial charge >= 0.3 is 5.97 Å². The van der Waals surface area contributed by atoms with Crippen LogP contribution in [0.4, 0.5) is 0 Å². The maximum absolute atomic E-state index is 11.9. The molecule has 0 fully saturated rings. The Morgan fingerprint density at radius 2 is 1.75 bits per heavy atom. The highest BCUT2D eigenvalue weighted by atomic mass is 16.6. The Morgan fingerprint density at radius 1 is 1.00 bits per heavy atom. The zero-order chi connectivity index (χ0) is 16.8. The lowest BCUT2D eigenvalue weighted by atomic mass is 10.1. The summed E-state index contributed by atoms with van der Waals surface area (Å²) in [5.41, 5.74) is 1.95. The van der Waals surface area contributed by atoms with Gasteiger partial charge in [0.25, 0.3) is 0 Å². The summed E-state index contributed by atoms with van der Waals surface area (Å²) in [5.74, 6) is 1.22. The highest BCUT2D eigenvalue weighted by molar-refractivity contribution is 5.87. The molecule has 1 aromatic heterocycles. The van der Waals surface area contributed by atoms with E-state index in [1.165, 1.54) is 0 Å². The predicted octanol–water partition coefficient (Wildman–Crippen LogP) is 3.34. The largest absolute Gasteiger partial charge is 0.497 e. The van der Waals surface area contributed by atoms with Crippen LogP contribution in [-0.2, 0) is 16.0 Å². The summed E-state index contributed by atoms with van der Waals surface area (Å²) in [6, 6.07) is 15.1. The van der Waals surface area contributed by atoms with E-state index in [0.29, 0.717) is 12.4 Å².